The highest BCUT2D eigenvalue weighted by Gasteiger charge is 2.50. The lowest BCUT2D eigenvalue weighted by Gasteiger charge is -2.53. The molecule has 2 aliphatic carbocycles. The summed E-state index contributed by atoms with van der Waals surface area (Å²) in [6.45, 7) is 13.4. The zero-order valence-electron chi connectivity index (χ0n) is 33.3. The summed E-state index contributed by atoms with van der Waals surface area (Å²) in [4.78, 5) is 20.6. The molecule has 7 rings (SSSR count). The molecule has 3 heterocycles. The standard InChI is InChI=1S/C42H59ClN4O7S2/c1-5-7-17-42(54-6-2,28-45-18-19-46-20-21-55(49,50)26-35(46)25-45)37-13-10-33(37)24-47-27-41(16-8-9-31-22-34(43)12-14-36(31)41)29-53-39-15-11-32(23-38(39)47)40(48)44-56(51,52)30(3)4/h7,11-12,14-15,17,22-23,30,33,35,37H,5-6,8-10,13,16,18-21,24-29H2,1-4H3,(H,44,48)/b17-7+/t33-,35-,37+,41-,42-/m0/s1. The second-order valence-corrected chi connectivity index (χ2v) is 21.9. The molecule has 3 aliphatic heterocycles. The van der Waals surface area contributed by atoms with Gasteiger partial charge >= 0.3 is 0 Å². The van der Waals surface area contributed by atoms with Crippen LogP contribution in [0.3, 0.4) is 0 Å². The van der Waals surface area contributed by atoms with E-state index in [1.54, 1.807) is 26.0 Å². The van der Waals surface area contributed by atoms with Crippen LogP contribution in [0.25, 0.3) is 0 Å². The topological polar surface area (TPSA) is 126 Å². The molecule has 0 unspecified atom stereocenters. The molecule has 1 saturated carbocycles. The van der Waals surface area contributed by atoms with Crippen molar-refractivity contribution in [3.63, 3.8) is 0 Å². The lowest BCUT2D eigenvalue weighted by atomic mass is 9.63. The molecule has 5 aliphatic rings. The molecule has 11 nitrogen and oxygen atoms in total. The average Bonchev–Trinajstić information content (AvgIpc) is 3.28. The van der Waals surface area contributed by atoms with Gasteiger partial charge in [0.2, 0.25) is 10.0 Å². The molecule has 0 bridgehead atoms. The van der Waals surface area contributed by atoms with Crippen LogP contribution in [-0.4, -0.2) is 120 Å². The highest BCUT2D eigenvalue weighted by molar-refractivity contribution is 7.91. The zero-order valence-corrected chi connectivity index (χ0v) is 35.7. The van der Waals surface area contributed by atoms with E-state index >= 15 is 0 Å². The molecule has 308 valence electrons. The summed E-state index contributed by atoms with van der Waals surface area (Å²) in [5, 5.41) is -0.0342. The van der Waals surface area contributed by atoms with Crippen molar-refractivity contribution in [2.75, 3.05) is 75.4 Å². The van der Waals surface area contributed by atoms with Crippen molar-refractivity contribution >= 4 is 43.1 Å². The maximum absolute atomic E-state index is 13.5. The fraction of sp³-hybridized carbons (Fsp3) is 0.643. The second kappa shape index (κ2) is 16.5. The smallest absolute Gasteiger partial charge is 0.264 e. The normalized spacial score (nSPS) is 27.8. The van der Waals surface area contributed by atoms with E-state index in [2.05, 4.69) is 57.6 Å². The number of sulfonamides is 1. The Bertz CT molecular complexity index is 2030. The summed E-state index contributed by atoms with van der Waals surface area (Å²) in [6.07, 6.45) is 10.3. The summed E-state index contributed by atoms with van der Waals surface area (Å²) < 4.78 is 66.6. The fourth-order valence-corrected chi connectivity index (χ4v) is 12.3. The van der Waals surface area contributed by atoms with Crippen LogP contribution in [0, 0.1) is 11.8 Å². The second-order valence-electron chi connectivity index (χ2n) is 17.0. The van der Waals surface area contributed by atoms with E-state index in [-0.39, 0.29) is 40.4 Å². The number of nitrogens with one attached hydrogen (secondary N) is 1. The summed E-state index contributed by atoms with van der Waals surface area (Å²) in [7, 11) is -6.89. The Kier molecular flexibility index (Phi) is 12.2. The molecule has 2 saturated heterocycles. The van der Waals surface area contributed by atoms with E-state index in [0.717, 1.165) is 62.3 Å². The Morgan fingerprint density at radius 2 is 1.96 bits per heavy atom. The van der Waals surface area contributed by atoms with Gasteiger partial charge in [0.1, 0.15) is 11.4 Å². The molecule has 0 radical (unpaired) electrons. The number of carbonyl (C=O) groups excluding carboxylic acids is 1. The summed E-state index contributed by atoms with van der Waals surface area (Å²) in [5.41, 5.74) is 2.65. The van der Waals surface area contributed by atoms with Crippen LogP contribution in [-0.2, 0) is 36.4 Å². The van der Waals surface area contributed by atoms with Crippen molar-refractivity contribution < 1.29 is 31.1 Å². The van der Waals surface area contributed by atoms with Crippen LogP contribution in [0.5, 0.6) is 5.75 Å². The number of benzene rings is 2. The molecule has 2 aromatic carbocycles. The van der Waals surface area contributed by atoms with Gasteiger partial charge in [-0.25, -0.2) is 21.6 Å². The third kappa shape index (κ3) is 8.54. The van der Waals surface area contributed by atoms with Crippen molar-refractivity contribution in [1.82, 2.24) is 14.5 Å². The molecule has 2 aromatic rings. The third-order valence-electron chi connectivity index (χ3n) is 13.0. The first-order valence-corrected chi connectivity index (χ1v) is 24.3. The van der Waals surface area contributed by atoms with Crippen molar-refractivity contribution in [1.29, 1.82) is 0 Å². The molecular formula is C42H59ClN4O7S2. The Hall–Kier alpha value is -2.68. The van der Waals surface area contributed by atoms with Crippen molar-refractivity contribution in [3.8, 4) is 5.75 Å². The van der Waals surface area contributed by atoms with Gasteiger partial charge in [-0.3, -0.25) is 14.6 Å². The minimum absolute atomic E-state index is 0.00543. The number of ether oxygens (including phenoxy) is 2. The maximum Gasteiger partial charge on any atom is 0.264 e. The van der Waals surface area contributed by atoms with Crippen LogP contribution in [0.15, 0.2) is 48.6 Å². The molecule has 1 amide bonds. The maximum atomic E-state index is 13.5. The molecule has 1 spiro atoms. The minimum atomic E-state index is -3.83. The van der Waals surface area contributed by atoms with Crippen molar-refractivity contribution in [2.24, 2.45) is 11.8 Å². The van der Waals surface area contributed by atoms with E-state index in [1.807, 2.05) is 12.1 Å². The number of fused-ring (bicyclic) bond motifs is 4. The van der Waals surface area contributed by atoms with Crippen molar-refractivity contribution in [2.45, 2.75) is 88.5 Å². The van der Waals surface area contributed by atoms with Gasteiger partial charge in [-0.05, 0) is 113 Å². The zero-order chi connectivity index (χ0) is 39.9. The van der Waals surface area contributed by atoms with Gasteiger partial charge in [-0.2, -0.15) is 0 Å². The Morgan fingerprint density at radius 1 is 1.14 bits per heavy atom. The first kappa shape index (κ1) is 41.5. The summed E-state index contributed by atoms with van der Waals surface area (Å²) in [6, 6.07) is 11.4. The fourth-order valence-electron chi connectivity index (χ4n) is 9.89. The highest BCUT2D eigenvalue weighted by atomic mass is 35.5. The Balaban J connectivity index is 1.22. The van der Waals surface area contributed by atoms with E-state index in [9.17, 15) is 21.6 Å². The minimum Gasteiger partial charge on any atom is -0.490 e. The number of allylic oxidation sites excluding steroid dienone is 1. The predicted octanol–water partition coefficient (Wildman–Crippen LogP) is 5.46. The quantitative estimate of drug-likeness (QED) is 0.276. The predicted molar refractivity (Wildman–Crippen MR) is 222 cm³/mol. The largest absolute Gasteiger partial charge is 0.490 e. The van der Waals surface area contributed by atoms with Gasteiger partial charge in [0, 0.05) is 74.5 Å². The molecule has 56 heavy (non-hydrogen) atoms. The van der Waals surface area contributed by atoms with Crippen LogP contribution in [0.4, 0.5) is 5.69 Å². The van der Waals surface area contributed by atoms with Crippen LogP contribution in [0.1, 0.15) is 81.3 Å². The molecule has 0 aromatic heterocycles. The first-order valence-electron chi connectivity index (χ1n) is 20.5. The van der Waals surface area contributed by atoms with E-state index in [1.165, 1.54) is 11.1 Å². The Morgan fingerprint density at radius 3 is 2.70 bits per heavy atom. The number of aryl methyl sites for hydroxylation is 1. The monoisotopic (exact) mass is 830 g/mol. The van der Waals surface area contributed by atoms with Crippen LogP contribution < -0.4 is 14.4 Å². The number of hydrogen-bond acceptors (Lipinski definition) is 10. The number of hydrogen-bond donors (Lipinski definition) is 1. The first-order chi connectivity index (χ1) is 26.7. The lowest BCUT2D eigenvalue weighted by Crippen LogP contribution is -2.63. The Labute approximate surface area is 339 Å². The van der Waals surface area contributed by atoms with Crippen molar-refractivity contribution in [3.05, 3.63) is 70.3 Å². The van der Waals surface area contributed by atoms with Gasteiger partial charge < -0.3 is 14.4 Å². The van der Waals surface area contributed by atoms with E-state index in [0.29, 0.717) is 51.7 Å². The summed E-state index contributed by atoms with van der Waals surface area (Å²) in [5.74, 6) is 0.898. The number of halogens is 1. The van der Waals surface area contributed by atoms with Gasteiger partial charge in [-0.1, -0.05) is 36.7 Å². The van der Waals surface area contributed by atoms with Gasteiger partial charge in [0.15, 0.2) is 9.84 Å². The molecular weight excluding hydrogens is 772 g/mol. The number of rotatable bonds is 12. The molecule has 14 heteroatoms. The average molecular weight is 832 g/mol. The van der Waals surface area contributed by atoms with E-state index < -0.39 is 36.6 Å². The number of nitrogens with zero attached hydrogens (tertiary/aromatic N) is 3. The highest BCUT2D eigenvalue weighted by Crippen LogP contribution is 2.49. The van der Waals surface area contributed by atoms with Gasteiger partial charge in [0.05, 0.1) is 29.0 Å². The summed E-state index contributed by atoms with van der Waals surface area (Å²) >= 11 is 6.51. The SMILES string of the molecule is CC/C=C/[C@@](CN1CCN2CCS(=O)(=O)C[C@@H]2C1)(OCC)[C@@H]1CC[C@H]1CN1C[C@@]2(CCCc3cc(Cl)ccc32)COc2ccc(C(=O)NS(=O)(=O)C(C)C)cc21. The van der Waals surface area contributed by atoms with Crippen LogP contribution >= 0.6 is 11.6 Å². The molecule has 1 N–H and O–H groups in total. The number of sulfone groups is 1. The van der Waals surface area contributed by atoms with Crippen LogP contribution in [0.2, 0.25) is 5.02 Å². The number of carbonyl (C=O) groups is 1. The van der Waals surface area contributed by atoms with Gasteiger partial charge in [0.25, 0.3) is 5.91 Å². The number of anilines is 1. The molecule has 3 fully saturated rings. The number of piperazine rings is 1. The van der Waals surface area contributed by atoms with E-state index in [4.69, 9.17) is 21.1 Å². The lowest BCUT2D eigenvalue weighted by molar-refractivity contribution is -0.114. The van der Waals surface area contributed by atoms with Gasteiger partial charge in [-0.15, -0.1) is 0 Å². The third-order valence-corrected chi connectivity index (χ3v) is 16.6. The molecule has 5 atom stereocenters. The number of amides is 1.